The van der Waals surface area contributed by atoms with E-state index in [1.807, 2.05) is 6.92 Å². The van der Waals surface area contributed by atoms with Crippen LogP contribution < -0.4 is 5.32 Å². The number of benzene rings is 2. The lowest BCUT2D eigenvalue weighted by atomic mass is 10.1. The van der Waals surface area contributed by atoms with Gasteiger partial charge in [-0.05, 0) is 36.1 Å². The van der Waals surface area contributed by atoms with E-state index in [4.69, 9.17) is 13.9 Å². The fourth-order valence-corrected chi connectivity index (χ4v) is 5.90. The molecule has 0 saturated carbocycles. The van der Waals surface area contributed by atoms with Gasteiger partial charge in [-0.15, -0.1) is 10.2 Å². The van der Waals surface area contributed by atoms with Gasteiger partial charge in [0, 0.05) is 63.5 Å². The number of aromatic nitrogens is 2. The molecule has 2 fully saturated rings. The number of ketones is 1. The van der Waals surface area contributed by atoms with Gasteiger partial charge in [-0.2, -0.15) is 26.3 Å². The summed E-state index contributed by atoms with van der Waals surface area (Å²) in [5, 5.41) is 8.05. The van der Waals surface area contributed by atoms with Gasteiger partial charge in [0.1, 0.15) is 0 Å². The molecule has 0 radical (unpaired) electrons. The predicted molar refractivity (Wildman–Crippen MR) is 201 cm³/mol. The zero-order valence-electron chi connectivity index (χ0n) is 32.9. The first-order valence-corrected chi connectivity index (χ1v) is 19.3. The smallest absolute Gasteiger partial charge is 0.413 e. The summed E-state index contributed by atoms with van der Waals surface area (Å²) >= 11 is 0. The van der Waals surface area contributed by atoms with Crippen LogP contribution in [-0.4, -0.2) is 132 Å². The van der Waals surface area contributed by atoms with Crippen LogP contribution in [0.3, 0.4) is 0 Å². The van der Waals surface area contributed by atoms with E-state index in [-0.39, 0.29) is 23.5 Å². The summed E-state index contributed by atoms with van der Waals surface area (Å²) in [6.45, 7) is 9.65. The molecule has 0 spiro atoms. The summed E-state index contributed by atoms with van der Waals surface area (Å²) in [4.78, 5) is 55.6. The quantitative estimate of drug-likeness (QED) is 0.144. The van der Waals surface area contributed by atoms with E-state index in [9.17, 15) is 45.5 Å². The summed E-state index contributed by atoms with van der Waals surface area (Å²) in [5.41, 5.74) is 2.22. The van der Waals surface area contributed by atoms with Crippen molar-refractivity contribution in [1.82, 2.24) is 35.1 Å². The highest BCUT2D eigenvalue weighted by molar-refractivity contribution is 5.99. The second-order valence-corrected chi connectivity index (χ2v) is 13.7. The molecule has 20 heteroatoms. The van der Waals surface area contributed by atoms with Crippen molar-refractivity contribution in [1.29, 1.82) is 0 Å². The van der Waals surface area contributed by atoms with Gasteiger partial charge in [0.25, 0.3) is 0 Å². The molecule has 2 saturated heterocycles. The molecule has 5 rings (SSSR count). The molecule has 2 aliphatic heterocycles. The number of morpholine rings is 2. The Morgan fingerprint density at radius 2 is 1.15 bits per heavy atom. The topological polar surface area (TPSA) is 151 Å². The standard InChI is InChI=1S/C20H26F3N3O4.C19H23F3N4O3/c1-2-3-8-26(19(29)25-9-11-30-12-10-25)14-15-4-6-16(7-5-15)17(27)13-24-18(28)20(21,22)23;1-2-3-8-26(18(27)25-9-11-28-12-10-25)13-14-4-6-15(7-5-14)16-23-24-17(29-16)19(20,21)22/h4-7H,2-3,8-14H2,1H3,(H,24,28);4-7H,2-3,8-13H2,1H3. The molecule has 0 atom stereocenters. The molecule has 2 aliphatic rings. The number of unbranched alkanes of at least 4 members (excludes halogenated alkanes) is 2. The number of hydrogen-bond acceptors (Lipinski definition) is 9. The number of rotatable bonds is 14. The molecule has 59 heavy (non-hydrogen) atoms. The first-order chi connectivity index (χ1) is 28.1. The first kappa shape index (κ1) is 46.4. The Hall–Kier alpha value is -5.24. The van der Waals surface area contributed by atoms with E-state index < -0.39 is 36.5 Å². The number of urea groups is 2. The van der Waals surface area contributed by atoms with Crippen molar-refractivity contribution in [3.05, 3.63) is 71.1 Å². The van der Waals surface area contributed by atoms with Gasteiger partial charge < -0.3 is 38.8 Å². The first-order valence-electron chi connectivity index (χ1n) is 19.3. The molecule has 14 nitrogen and oxygen atoms in total. The Labute approximate surface area is 337 Å². The molecule has 0 bridgehead atoms. The van der Waals surface area contributed by atoms with Gasteiger partial charge in [-0.1, -0.05) is 63.1 Å². The van der Waals surface area contributed by atoms with Crippen molar-refractivity contribution in [3.8, 4) is 11.5 Å². The van der Waals surface area contributed by atoms with Gasteiger partial charge in [-0.25, -0.2) is 9.59 Å². The van der Waals surface area contributed by atoms with Crippen LogP contribution in [0, 0.1) is 0 Å². The van der Waals surface area contributed by atoms with Gasteiger partial charge in [0.15, 0.2) is 5.78 Å². The van der Waals surface area contributed by atoms with Crippen molar-refractivity contribution >= 4 is 23.8 Å². The molecule has 0 aliphatic carbocycles. The lowest BCUT2D eigenvalue weighted by Gasteiger charge is -2.33. The van der Waals surface area contributed by atoms with Crippen LogP contribution in [-0.2, 0) is 33.5 Å². The number of nitrogens with zero attached hydrogens (tertiary/aromatic N) is 6. The summed E-state index contributed by atoms with van der Waals surface area (Å²) in [7, 11) is 0. The van der Waals surface area contributed by atoms with Crippen LogP contribution in [0.2, 0.25) is 0 Å². The van der Waals surface area contributed by atoms with Crippen molar-refractivity contribution < 1.29 is 59.4 Å². The number of carbonyl (C=O) groups is 4. The lowest BCUT2D eigenvalue weighted by molar-refractivity contribution is -0.173. The highest BCUT2D eigenvalue weighted by Gasteiger charge is 2.39. The molecule has 0 unspecified atom stereocenters. The third-order valence-electron chi connectivity index (χ3n) is 9.23. The van der Waals surface area contributed by atoms with Crippen LogP contribution >= 0.6 is 0 Å². The Bertz CT molecular complexity index is 1790. The molecular formula is C39H49F6N7O7. The Balaban J connectivity index is 0.000000261. The minimum Gasteiger partial charge on any atom is -0.413 e. The summed E-state index contributed by atoms with van der Waals surface area (Å²) in [5.74, 6) is -4.36. The molecule has 3 heterocycles. The Morgan fingerprint density at radius 1 is 0.695 bits per heavy atom. The fourth-order valence-electron chi connectivity index (χ4n) is 5.90. The largest absolute Gasteiger partial charge is 0.471 e. The number of hydrogen-bond donors (Lipinski definition) is 1. The van der Waals surface area contributed by atoms with Crippen molar-refractivity contribution in [2.75, 3.05) is 72.2 Å². The summed E-state index contributed by atoms with van der Waals surface area (Å²) < 4.78 is 89.7. The van der Waals surface area contributed by atoms with Crippen molar-refractivity contribution in [3.63, 3.8) is 0 Å². The van der Waals surface area contributed by atoms with E-state index in [1.54, 1.807) is 61.3 Å². The minimum absolute atomic E-state index is 0.0300. The number of nitrogens with one attached hydrogen (secondary N) is 1. The highest BCUT2D eigenvalue weighted by atomic mass is 19.4. The SMILES string of the molecule is CCCCN(Cc1ccc(-c2nnc(C(F)(F)F)o2)cc1)C(=O)N1CCOCC1.CCCCN(Cc1ccc(C(=O)CNC(=O)C(F)(F)F)cc1)C(=O)N1CCOCC1. The van der Waals surface area contributed by atoms with Crippen LogP contribution in [0.1, 0.15) is 66.9 Å². The third-order valence-corrected chi connectivity index (χ3v) is 9.23. The number of alkyl halides is 6. The van der Waals surface area contributed by atoms with E-state index in [0.717, 1.165) is 36.8 Å². The summed E-state index contributed by atoms with van der Waals surface area (Å²) in [6, 6.07) is 12.9. The van der Waals surface area contributed by atoms with Crippen molar-refractivity contribution in [2.45, 2.75) is 65.0 Å². The molecule has 5 amide bonds. The third kappa shape index (κ3) is 14.5. The van der Waals surface area contributed by atoms with Gasteiger partial charge in [0.2, 0.25) is 5.89 Å². The van der Waals surface area contributed by atoms with Gasteiger partial charge >= 0.3 is 36.2 Å². The number of amides is 5. The normalized spacial score (nSPS) is 14.6. The number of carbonyl (C=O) groups excluding carboxylic acids is 4. The maximum Gasteiger partial charge on any atom is 0.471 e. The van der Waals surface area contributed by atoms with E-state index >= 15 is 0 Å². The number of ether oxygens (including phenoxy) is 2. The fraction of sp³-hybridized carbons (Fsp3) is 0.538. The molecule has 1 aromatic heterocycles. The van der Waals surface area contributed by atoms with Crippen LogP contribution in [0.15, 0.2) is 52.9 Å². The molecule has 324 valence electrons. The Morgan fingerprint density at radius 3 is 1.56 bits per heavy atom. The lowest BCUT2D eigenvalue weighted by Crippen LogP contribution is -2.48. The monoisotopic (exact) mass is 841 g/mol. The van der Waals surface area contributed by atoms with Gasteiger partial charge in [-0.3, -0.25) is 9.59 Å². The molecule has 3 aromatic rings. The maximum absolute atomic E-state index is 12.9. The highest BCUT2D eigenvalue weighted by Crippen LogP contribution is 2.30. The number of halogens is 6. The zero-order chi connectivity index (χ0) is 43.0. The second-order valence-electron chi connectivity index (χ2n) is 13.7. The molecule has 1 N–H and O–H groups in total. The molecular weight excluding hydrogens is 792 g/mol. The van der Waals surface area contributed by atoms with E-state index in [2.05, 4.69) is 17.1 Å². The Kier molecular flexibility index (Phi) is 17.5. The zero-order valence-corrected chi connectivity index (χ0v) is 32.9. The maximum atomic E-state index is 12.9. The van der Waals surface area contributed by atoms with E-state index in [0.29, 0.717) is 84.3 Å². The van der Waals surface area contributed by atoms with Crippen LogP contribution in [0.5, 0.6) is 0 Å². The summed E-state index contributed by atoms with van der Waals surface area (Å²) in [6.07, 6.45) is -6.07. The average Bonchev–Trinajstić information content (AvgIpc) is 3.75. The van der Waals surface area contributed by atoms with Gasteiger partial charge in [0.05, 0.1) is 33.0 Å². The number of Topliss-reactive ketones (excluding diaryl/α,β-unsaturated/α-hetero) is 1. The second kappa shape index (κ2) is 22.2. The average molecular weight is 842 g/mol. The molecule has 2 aromatic carbocycles. The predicted octanol–water partition coefficient (Wildman–Crippen LogP) is 6.41. The van der Waals surface area contributed by atoms with Crippen LogP contribution in [0.4, 0.5) is 35.9 Å². The minimum atomic E-state index is -5.03. The van der Waals surface area contributed by atoms with E-state index in [1.165, 1.54) is 12.1 Å². The van der Waals surface area contributed by atoms with Crippen LogP contribution in [0.25, 0.3) is 11.5 Å². The van der Waals surface area contributed by atoms with Crippen molar-refractivity contribution in [2.24, 2.45) is 0 Å².